The maximum absolute atomic E-state index is 13.1. The smallest absolute Gasteiger partial charge is 0.188 e. The van der Waals surface area contributed by atoms with E-state index in [0.717, 1.165) is 40.6 Å². The van der Waals surface area contributed by atoms with Crippen molar-refractivity contribution in [1.82, 2.24) is 4.57 Å². The number of rotatable bonds is 4. The summed E-state index contributed by atoms with van der Waals surface area (Å²) in [4.78, 5) is 24.7. The molecule has 2 aromatic carbocycles. The fraction of sp³-hybridized carbons (Fsp3) is 0.304. The third-order valence-electron chi connectivity index (χ3n) is 5.67. The molecule has 0 spiro atoms. The highest BCUT2D eigenvalue weighted by Gasteiger charge is 2.37. The van der Waals surface area contributed by atoms with Gasteiger partial charge in [0.1, 0.15) is 6.61 Å². The third kappa shape index (κ3) is 2.90. The fourth-order valence-corrected chi connectivity index (χ4v) is 4.00. The standard InChI is InChI=1S/C23H23NO3/c1-23(2)12-11-19-21(22(23)27)17-5-3-4-6-18(17)24(19)13-15-7-9-16(10-8-15)20(26)14-25/h3-10,25H,11-14H2,1-2H3. The zero-order valence-corrected chi connectivity index (χ0v) is 15.7. The van der Waals surface area contributed by atoms with E-state index in [1.54, 1.807) is 12.1 Å². The summed E-state index contributed by atoms with van der Waals surface area (Å²) in [5.41, 5.74) is 4.30. The Morgan fingerprint density at radius 1 is 1.11 bits per heavy atom. The van der Waals surface area contributed by atoms with E-state index in [9.17, 15) is 9.59 Å². The fourth-order valence-electron chi connectivity index (χ4n) is 4.00. The Hall–Kier alpha value is -2.72. The van der Waals surface area contributed by atoms with E-state index in [1.165, 1.54) is 0 Å². The molecule has 0 bridgehead atoms. The highest BCUT2D eigenvalue weighted by Crippen LogP contribution is 2.40. The summed E-state index contributed by atoms with van der Waals surface area (Å²) < 4.78 is 2.24. The number of Topliss-reactive ketones (excluding diaryl/α,β-unsaturated/α-hetero) is 2. The van der Waals surface area contributed by atoms with Crippen molar-refractivity contribution >= 4 is 22.5 Å². The molecule has 1 aliphatic rings. The lowest BCUT2D eigenvalue weighted by molar-refractivity contribution is 0.0811. The molecule has 0 aliphatic heterocycles. The van der Waals surface area contributed by atoms with E-state index < -0.39 is 6.61 Å². The topological polar surface area (TPSA) is 59.3 Å². The first kappa shape index (κ1) is 17.7. The van der Waals surface area contributed by atoms with Crippen molar-refractivity contribution < 1.29 is 14.7 Å². The Morgan fingerprint density at radius 3 is 2.52 bits per heavy atom. The molecule has 1 aromatic heterocycles. The molecule has 0 unspecified atom stereocenters. The number of fused-ring (bicyclic) bond motifs is 3. The maximum atomic E-state index is 13.1. The number of aliphatic hydroxyl groups is 1. The van der Waals surface area contributed by atoms with Crippen molar-refractivity contribution in [1.29, 1.82) is 0 Å². The van der Waals surface area contributed by atoms with Crippen LogP contribution < -0.4 is 0 Å². The Balaban J connectivity index is 1.79. The van der Waals surface area contributed by atoms with Crippen LogP contribution >= 0.6 is 0 Å². The van der Waals surface area contributed by atoms with E-state index in [-0.39, 0.29) is 17.0 Å². The summed E-state index contributed by atoms with van der Waals surface area (Å²) in [5, 5.41) is 10.0. The first-order valence-corrected chi connectivity index (χ1v) is 9.30. The minimum absolute atomic E-state index is 0.225. The highest BCUT2D eigenvalue weighted by atomic mass is 16.3. The number of nitrogens with zero attached hydrogens (tertiary/aromatic N) is 1. The summed E-state index contributed by atoms with van der Waals surface area (Å²) in [7, 11) is 0. The minimum atomic E-state index is -0.479. The minimum Gasteiger partial charge on any atom is -0.388 e. The van der Waals surface area contributed by atoms with E-state index >= 15 is 0 Å². The molecule has 138 valence electrons. The van der Waals surface area contributed by atoms with Gasteiger partial charge in [-0.05, 0) is 24.5 Å². The van der Waals surface area contributed by atoms with Gasteiger partial charge in [-0.3, -0.25) is 9.59 Å². The molecule has 4 heteroatoms. The molecule has 0 fully saturated rings. The number of aromatic nitrogens is 1. The number of hydrogen-bond acceptors (Lipinski definition) is 3. The second-order valence-corrected chi connectivity index (χ2v) is 7.92. The van der Waals surface area contributed by atoms with Crippen molar-refractivity contribution in [3.05, 3.63) is 70.9 Å². The van der Waals surface area contributed by atoms with Gasteiger partial charge in [0.15, 0.2) is 11.6 Å². The van der Waals surface area contributed by atoms with Crippen molar-refractivity contribution in [3.63, 3.8) is 0 Å². The van der Waals surface area contributed by atoms with Gasteiger partial charge in [-0.15, -0.1) is 0 Å². The summed E-state index contributed by atoms with van der Waals surface area (Å²) in [6, 6.07) is 15.4. The molecule has 0 saturated heterocycles. The van der Waals surface area contributed by atoms with Gasteiger partial charge < -0.3 is 9.67 Å². The van der Waals surface area contributed by atoms with Crippen molar-refractivity contribution in [2.45, 2.75) is 33.2 Å². The average Bonchev–Trinajstić information content (AvgIpc) is 2.99. The predicted octanol–water partition coefficient (Wildman–Crippen LogP) is 4.02. The number of benzene rings is 2. The van der Waals surface area contributed by atoms with Gasteiger partial charge in [0, 0.05) is 39.7 Å². The summed E-state index contributed by atoms with van der Waals surface area (Å²) >= 11 is 0. The molecule has 0 amide bonds. The van der Waals surface area contributed by atoms with Crippen LogP contribution in [-0.2, 0) is 13.0 Å². The molecule has 4 nitrogen and oxygen atoms in total. The molecule has 1 aliphatic carbocycles. The third-order valence-corrected chi connectivity index (χ3v) is 5.67. The normalized spacial score (nSPS) is 15.7. The summed E-state index contributed by atoms with van der Waals surface area (Å²) in [5.74, 6) is -0.0549. The molecule has 4 rings (SSSR count). The van der Waals surface area contributed by atoms with Gasteiger partial charge in [-0.1, -0.05) is 56.3 Å². The van der Waals surface area contributed by atoms with Gasteiger partial charge in [0.05, 0.1) is 0 Å². The quantitative estimate of drug-likeness (QED) is 0.714. The summed E-state index contributed by atoms with van der Waals surface area (Å²) in [6.07, 6.45) is 1.73. The Labute approximate surface area is 158 Å². The number of ketones is 2. The van der Waals surface area contributed by atoms with E-state index in [4.69, 9.17) is 5.11 Å². The maximum Gasteiger partial charge on any atom is 0.188 e. The number of para-hydroxylation sites is 1. The molecule has 0 atom stereocenters. The number of carbonyl (C=O) groups excluding carboxylic acids is 2. The van der Waals surface area contributed by atoms with Gasteiger partial charge in [-0.25, -0.2) is 0 Å². The van der Waals surface area contributed by atoms with Crippen molar-refractivity contribution in [2.24, 2.45) is 5.41 Å². The highest BCUT2D eigenvalue weighted by molar-refractivity contribution is 6.12. The van der Waals surface area contributed by atoms with Crippen LogP contribution in [0.15, 0.2) is 48.5 Å². The van der Waals surface area contributed by atoms with Gasteiger partial charge in [0.25, 0.3) is 0 Å². The van der Waals surface area contributed by atoms with Crippen LogP contribution in [0.2, 0.25) is 0 Å². The van der Waals surface area contributed by atoms with Crippen LogP contribution in [0, 0.1) is 5.41 Å². The SMILES string of the molecule is CC1(C)CCc2c(c3ccccc3n2Cc2ccc(C(=O)CO)cc2)C1=O. The molecular weight excluding hydrogens is 338 g/mol. The first-order valence-electron chi connectivity index (χ1n) is 9.30. The lowest BCUT2D eigenvalue weighted by atomic mass is 9.74. The molecule has 27 heavy (non-hydrogen) atoms. The van der Waals surface area contributed by atoms with Crippen LogP contribution in [-0.4, -0.2) is 27.8 Å². The van der Waals surface area contributed by atoms with Gasteiger partial charge in [0.2, 0.25) is 0 Å². The van der Waals surface area contributed by atoms with Crippen LogP contribution in [0.5, 0.6) is 0 Å². The Bertz CT molecular complexity index is 1040. The molecule has 1 N–H and O–H groups in total. The average molecular weight is 361 g/mol. The predicted molar refractivity (Wildman–Crippen MR) is 105 cm³/mol. The Morgan fingerprint density at radius 2 is 1.81 bits per heavy atom. The van der Waals surface area contributed by atoms with Crippen LogP contribution in [0.1, 0.15) is 52.2 Å². The molecule has 3 aromatic rings. The van der Waals surface area contributed by atoms with Crippen molar-refractivity contribution in [3.8, 4) is 0 Å². The lowest BCUT2D eigenvalue weighted by Gasteiger charge is -2.29. The largest absolute Gasteiger partial charge is 0.388 e. The van der Waals surface area contributed by atoms with E-state index in [0.29, 0.717) is 12.1 Å². The Kier molecular flexibility index (Phi) is 4.23. The van der Waals surface area contributed by atoms with Crippen molar-refractivity contribution in [2.75, 3.05) is 6.61 Å². The van der Waals surface area contributed by atoms with E-state index in [1.807, 2.05) is 44.2 Å². The molecule has 1 heterocycles. The zero-order valence-electron chi connectivity index (χ0n) is 15.7. The first-order chi connectivity index (χ1) is 12.9. The van der Waals surface area contributed by atoms with Gasteiger partial charge in [-0.2, -0.15) is 0 Å². The lowest BCUT2D eigenvalue weighted by Crippen LogP contribution is -2.30. The summed E-state index contributed by atoms with van der Waals surface area (Å²) in [6.45, 7) is 4.23. The van der Waals surface area contributed by atoms with Crippen LogP contribution in [0.3, 0.4) is 0 Å². The molecule has 0 saturated carbocycles. The van der Waals surface area contributed by atoms with Crippen LogP contribution in [0.25, 0.3) is 10.9 Å². The zero-order chi connectivity index (χ0) is 19.2. The molecule has 0 radical (unpaired) electrons. The monoisotopic (exact) mass is 361 g/mol. The number of hydrogen-bond donors (Lipinski definition) is 1. The second kappa shape index (κ2) is 6.46. The second-order valence-electron chi connectivity index (χ2n) is 7.92. The van der Waals surface area contributed by atoms with Gasteiger partial charge >= 0.3 is 0 Å². The van der Waals surface area contributed by atoms with E-state index in [2.05, 4.69) is 10.6 Å². The number of aliphatic hydroxyl groups excluding tert-OH is 1. The molecular formula is C23H23NO3. The van der Waals surface area contributed by atoms with Crippen LogP contribution in [0.4, 0.5) is 0 Å². The number of carbonyl (C=O) groups is 2.